The number of hydrogen-bond acceptors (Lipinski definition) is 6. The fourth-order valence-corrected chi connectivity index (χ4v) is 2.31. The van der Waals surface area contributed by atoms with Crippen LogP contribution in [0.5, 0.6) is 0 Å². The highest BCUT2D eigenvalue weighted by atomic mass is 16.5. The topological polar surface area (TPSA) is 105 Å². The normalized spacial score (nSPS) is 18.6. The van der Waals surface area contributed by atoms with Crippen molar-refractivity contribution in [3.63, 3.8) is 0 Å². The second-order valence-corrected chi connectivity index (χ2v) is 5.59. The summed E-state index contributed by atoms with van der Waals surface area (Å²) < 4.78 is 9.22. The number of carbonyl (C=O) groups is 4. The Balaban J connectivity index is 3.01. The number of esters is 1. The first-order valence-electron chi connectivity index (χ1n) is 7.21. The molecule has 9 nitrogen and oxygen atoms in total. The van der Waals surface area contributed by atoms with Crippen molar-refractivity contribution in [1.82, 2.24) is 15.1 Å². The molecule has 0 saturated carbocycles. The van der Waals surface area contributed by atoms with Gasteiger partial charge < -0.3 is 24.6 Å². The smallest absolute Gasteiger partial charge is 0.407 e. The number of nitrogens with zero attached hydrogens (tertiary/aromatic N) is 2. The van der Waals surface area contributed by atoms with E-state index < -0.39 is 30.1 Å². The number of ether oxygens (including phenoxy) is 2. The van der Waals surface area contributed by atoms with Gasteiger partial charge in [-0.2, -0.15) is 0 Å². The number of rotatable bonds is 4. The molecule has 0 aromatic rings. The van der Waals surface area contributed by atoms with E-state index in [1.54, 1.807) is 13.8 Å². The Morgan fingerprint density at radius 2 is 1.74 bits per heavy atom. The number of hydrogen-bond donors (Lipinski definition) is 1. The highest BCUT2D eigenvalue weighted by Crippen LogP contribution is 2.18. The summed E-state index contributed by atoms with van der Waals surface area (Å²) >= 11 is 0. The molecular weight excluding hydrogens is 306 g/mol. The van der Waals surface area contributed by atoms with Crippen LogP contribution in [-0.4, -0.2) is 73.2 Å². The average Bonchev–Trinajstić information content (AvgIpc) is 2.95. The van der Waals surface area contributed by atoms with E-state index in [2.05, 4.69) is 10.1 Å². The minimum Gasteiger partial charge on any atom is -0.467 e. The van der Waals surface area contributed by atoms with Gasteiger partial charge in [-0.15, -0.1) is 0 Å². The van der Waals surface area contributed by atoms with Crippen molar-refractivity contribution in [2.45, 2.75) is 32.9 Å². The van der Waals surface area contributed by atoms with E-state index in [1.165, 1.54) is 30.9 Å². The number of alkyl carbamates (subject to hydrolysis) is 1. The number of amides is 3. The zero-order chi connectivity index (χ0) is 17.7. The Morgan fingerprint density at radius 1 is 1.13 bits per heavy atom. The van der Waals surface area contributed by atoms with E-state index >= 15 is 0 Å². The van der Waals surface area contributed by atoms with E-state index in [0.29, 0.717) is 0 Å². The Hall–Kier alpha value is -2.32. The summed E-state index contributed by atoms with van der Waals surface area (Å²) in [5.41, 5.74) is 0. The lowest BCUT2D eigenvalue weighted by Gasteiger charge is -2.28. The standard InChI is InChI=1S/C14H23N3O6/c1-8(2)11(15-14(21)23-5)12(19)17-7-16(9(3)18)6-10(17)13(20)22-4/h8,10-11H,6-7H2,1-5H3,(H,15,21)/t10-,11-/m0/s1. The molecule has 23 heavy (non-hydrogen) atoms. The molecule has 0 unspecified atom stereocenters. The first kappa shape index (κ1) is 18.7. The van der Waals surface area contributed by atoms with Crippen LogP contribution in [0.3, 0.4) is 0 Å². The molecule has 1 fully saturated rings. The molecule has 1 saturated heterocycles. The summed E-state index contributed by atoms with van der Waals surface area (Å²) in [6, 6.07) is -1.77. The first-order chi connectivity index (χ1) is 10.7. The van der Waals surface area contributed by atoms with Crippen molar-refractivity contribution in [1.29, 1.82) is 0 Å². The van der Waals surface area contributed by atoms with Crippen LogP contribution >= 0.6 is 0 Å². The maximum absolute atomic E-state index is 12.7. The van der Waals surface area contributed by atoms with Gasteiger partial charge >= 0.3 is 12.1 Å². The monoisotopic (exact) mass is 329 g/mol. The molecule has 0 spiro atoms. The van der Waals surface area contributed by atoms with Crippen LogP contribution in [-0.2, 0) is 23.9 Å². The summed E-state index contributed by atoms with van der Waals surface area (Å²) in [6.07, 6.45) is -0.741. The molecular formula is C14H23N3O6. The molecule has 9 heteroatoms. The van der Waals surface area contributed by atoms with Crippen LogP contribution in [0.2, 0.25) is 0 Å². The SMILES string of the molecule is COC(=O)N[C@H](C(=O)N1CN(C(C)=O)C[C@H]1C(=O)OC)C(C)C. The predicted molar refractivity (Wildman–Crippen MR) is 79.1 cm³/mol. The molecule has 1 aliphatic heterocycles. The fourth-order valence-electron chi connectivity index (χ4n) is 2.31. The van der Waals surface area contributed by atoms with E-state index in [-0.39, 0.29) is 25.0 Å². The van der Waals surface area contributed by atoms with Crippen molar-refractivity contribution < 1.29 is 28.7 Å². The zero-order valence-electron chi connectivity index (χ0n) is 14.0. The van der Waals surface area contributed by atoms with Crippen molar-refractivity contribution in [2.75, 3.05) is 27.4 Å². The summed E-state index contributed by atoms with van der Waals surface area (Å²) in [5, 5.41) is 2.46. The highest BCUT2D eigenvalue weighted by Gasteiger charge is 2.43. The van der Waals surface area contributed by atoms with Crippen LogP contribution < -0.4 is 5.32 Å². The molecule has 1 heterocycles. The lowest BCUT2D eigenvalue weighted by molar-refractivity contribution is -0.151. The molecule has 0 aromatic carbocycles. The van der Waals surface area contributed by atoms with Gasteiger partial charge in [-0.3, -0.25) is 9.59 Å². The summed E-state index contributed by atoms with van der Waals surface area (Å²) in [6.45, 7) is 4.90. The second kappa shape index (κ2) is 7.80. The Bertz CT molecular complexity index is 493. The minimum absolute atomic E-state index is 0.0278. The Labute approximate surface area is 134 Å². The molecule has 0 bridgehead atoms. The molecule has 130 valence electrons. The first-order valence-corrected chi connectivity index (χ1v) is 7.21. The molecule has 1 N–H and O–H groups in total. The lowest BCUT2D eigenvalue weighted by atomic mass is 10.0. The van der Waals surface area contributed by atoms with Crippen molar-refractivity contribution in [3.8, 4) is 0 Å². The van der Waals surface area contributed by atoms with Crippen LogP contribution in [0.1, 0.15) is 20.8 Å². The van der Waals surface area contributed by atoms with Gasteiger partial charge in [0.25, 0.3) is 0 Å². The predicted octanol–water partition coefficient (Wildman–Crippen LogP) is -0.443. The van der Waals surface area contributed by atoms with Gasteiger partial charge in [0.15, 0.2) is 0 Å². The van der Waals surface area contributed by atoms with E-state index in [4.69, 9.17) is 4.74 Å². The molecule has 0 radical (unpaired) electrons. The fraction of sp³-hybridized carbons (Fsp3) is 0.714. The van der Waals surface area contributed by atoms with Gasteiger partial charge in [0.05, 0.1) is 27.4 Å². The van der Waals surface area contributed by atoms with Gasteiger partial charge in [0.2, 0.25) is 11.8 Å². The van der Waals surface area contributed by atoms with Crippen LogP contribution in [0.15, 0.2) is 0 Å². The van der Waals surface area contributed by atoms with Crippen LogP contribution in [0.4, 0.5) is 4.79 Å². The summed E-state index contributed by atoms with van der Waals surface area (Å²) in [4.78, 5) is 50.2. The molecule has 1 rings (SSSR count). The number of methoxy groups -OCH3 is 2. The molecule has 2 atom stereocenters. The third kappa shape index (κ3) is 4.33. The van der Waals surface area contributed by atoms with Crippen LogP contribution in [0, 0.1) is 5.92 Å². The Kier molecular flexibility index (Phi) is 6.35. The van der Waals surface area contributed by atoms with Gasteiger partial charge in [0.1, 0.15) is 12.1 Å². The van der Waals surface area contributed by atoms with E-state index in [9.17, 15) is 19.2 Å². The molecule has 0 aliphatic carbocycles. The number of carbonyl (C=O) groups excluding carboxylic acids is 4. The van der Waals surface area contributed by atoms with E-state index in [1.807, 2.05) is 0 Å². The lowest BCUT2D eigenvalue weighted by Crippen LogP contribution is -2.54. The zero-order valence-corrected chi connectivity index (χ0v) is 14.0. The molecule has 0 aromatic heterocycles. The summed E-state index contributed by atoms with van der Waals surface area (Å²) in [5.74, 6) is -1.56. The maximum Gasteiger partial charge on any atom is 0.407 e. The highest BCUT2D eigenvalue weighted by molar-refractivity contribution is 5.91. The Morgan fingerprint density at radius 3 is 2.17 bits per heavy atom. The third-order valence-electron chi connectivity index (χ3n) is 3.69. The quantitative estimate of drug-likeness (QED) is 0.701. The van der Waals surface area contributed by atoms with Crippen LogP contribution in [0.25, 0.3) is 0 Å². The molecule has 1 aliphatic rings. The van der Waals surface area contributed by atoms with Gasteiger partial charge in [0, 0.05) is 6.92 Å². The van der Waals surface area contributed by atoms with Gasteiger partial charge in [-0.25, -0.2) is 9.59 Å². The number of nitrogens with one attached hydrogen (secondary N) is 1. The van der Waals surface area contributed by atoms with E-state index in [0.717, 1.165) is 0 Å². The average molecular weight is 329 g/mol. The summed E-state index contributed by atoms with van der Waals surface area (Å²) in [7, 11) is 2.41. The van der Waals surface area contributed by atoms with Crippen molar-refractivity contribution in [3.05, 3.63) is 0 Å². The largest absolute Gasteiger partial charge is 0.467 e. The maximum atomic E-state index is 12.7. The second-order valence-electron chi connectivity index (χ2n) is 5.59. The third-order valence-corrected chi connectivity index (χ3v) is 3.69. The molecule has 3 amide bonds. The van der Waals surface area contributed by atoms with Gasteiger partial charge in [-0.1, -0.05) is 13.8 Å². The minimum atomic E-state index is -0.892. The van der Waals surface area contributed by atoms with Gasteiger partial charge in [-0.05, 0) is 5.92 Å². The van der Waals surface area contributed by atoms with Crippen molar-refractivity contribution >= 4 is 23.9 Å². The van der Waals surface area contributed by atoms with Crippen molar-refractivity contribution in [2.24, 2.45) is 5.92 Å².